The van der Waals surface area contributed by atoms with Crippen LogP contribution < -0.4 is 0 Å². The largest absolute Gasteiger partial charge is 0.467 e. The molecule has 0 fully saturated rings. The third-order valence-corrected chi connectivity index (χ3v) is 5.44. The molecule has 0 aliphatic heterocycles. The molecule has 0 aromatic heterocycles. The lowest BCUT2D eigenvalue weighted by molar-refractivity contribution is -0.146. The van der Waals surface area contributed by atoms with Crippen molar-refractivity contribution in [2.24, 2.45) is 0 Å². The van der Waals surface area contributed by atoms with E-state index in [-0.39, 0.29) is 12.7 Å². The first-order chi connectivity index (χ1) is 22.8. The van der Waals surface area contributed by atoms with E-state index in [1.165, 1.54) is 12.0 Å². The van der Waals surface area contributed by atoms with Crippen LogP contribution in [0.5, 0.6) is 0 Å². The van der Waals surface area contributed by atoms with E-state index in [4.69, 9.17) is 56.8 Å². The third-order valence-electron chi connectivity index (χ3n) is 5.44. The highest BCUT2D eigenvalue weighted by atomic mass is 16.6. The SMILES string of the molecule is COC(=O)COCCOCCOCCOCCOCCOCCOCCOCCOCCOCCOCCN(C)C(=O)OC(C)(C)C. The molecule has 47 heavy (non-hydrogen) atoms. The number of rotatable bonds is 35. The second-order valence-corrected chi connectivity index (χ2v) is 10.7. The van der Waals surface area contributed by atoms with E-state index in [2.05, 4.69) is 4.74 Å². The van der Waals surface area contributed by atoms with Crippen LogP contribution in [-0.4, -0.2) is 189 Å². The first-order valence-corrected chi connectivity index (χ1v) is 16.1. The maximum atomic E-state index is 11.8. The van der Waals surface area contributed by atoms with Gasteiger partial charge in [0.1, 0.15) is 12.2 Å². The summed E-state index contributed by atoms with van der Waals surface area (Å²) in [6, 6.07) is 0. The van der Waals surface area contributed by atoms with E-state index in [9.17, 15) is 9.59 Å². The summed E-state index contributed by atoms with van der Waals surface area (Å²) < 4.78 is 69.2. The number of carbonyl (C=O) groups excluding carboxylic acids is 2. The van der Waals surface area contributed by atoms with Crippen molar-refractivity contribution in [3.8, 4) is 0 Å². The normalized spacial score (nSPS) is 11.6. The molecule has 0 aromatic carbocycles. The maximum absolute atomic E-state index is 11.8. The molecule has 16 nitrogen and oxygen atoms in total. The lowest BCUT2D eigenvalue weighted by Crippen LogP contribution is -2.36. The van der Waals surface area contributed by atoms with Crippen molar-refractivity contribution >= 4 is 12.1 Å². The molecule has 0 radical (unpaired) electrons. The fourth-order valence-electron chi connectivity index (χ4n) is 3.05. The van der Waals surface area contributed by atoms with E-state index in [1.54, 1.807) is 7.05 Å². The van der Waals surface area contributed by atoms with Gasteiger partial charge in [0.15, 0.2) is 0 Å². The topological polar surface area (TPSA) is 157 Å². The molecular formula is C31H61NO15. The average Bonchev–Trinajstić information content (AvgIpc) is 3.03. The Labute approximate surface area is 280 Å². The van der Waals surface area contributed by atoms with Crippen molar-refractivity contribution < 1.29 is 71.2 Å². The Kier molecular flexibility index (Phi) is 32.9. The summed E-state index contributed by atoms with van der Waals surface area (Å²) in [4.78, 5) is 24.2. The minimum Gasteiger partial charge on any atom is -0.467 e. The van der Waals surface area contributed by atoms with Gasteiger partial charge in [-0.2, -0.15) is 0 Å². The predicted molar refractivity (Wildman–Crippen MR) is 170 cm³/mol. The van der Waals surface area contributed by atoms with E-state index < -0.39 is 11.6 Å². The number of ether oxygens (including phenoxy) is 13. The Hall–Kier alpha value is -1.70. The van der Waals surface area contributed by atoms with Crippen molar-refractivity contribution in [2.45, 2.75) is 26.4 Å². The Morgan fingerprint density at radius 3 is 0.957 bits per heavy atom. The Morgan fingerprint density at radius 2 is 0.702 bits per heavy atom. The van der Waals surface area contributed by atoms with Crippen LogP contribution in [0.3, 0.4) is 0 Å². The van der Waals surface area contributed by atoms with Crippen LogP contribution in [0.1, 0.15) is 20.8 Å². The quantitative estimate of drug-likeness (QED) is 0.0691. The Balaban J connectivity index is 3.15. The Morgan fingerprint density at radius 1 is 0.447 bits per heavy atom. The van der Waals surface area contributed by atoms with Crippen LogP contribution in [0, 0.1) is 0 Å². The summed E-state index contributed by atoms with van der Waals surface area (Å²) in [5, 5.41) is 0. The fourth-order valence-corrected chi connectivity index (χ4v) is 3.05. The van der Waals surface area contributed by atoms with E-state index in [0.29, 0.717) is 145 Å². The lowest BCUT2D eigenvalue weighted by atomic mass is 10.2. The van der Waals surface area contributed by atoms with Gasteiger partial charge < -0.3 is 66.5 Å². The number of esters is 1. The zero-order valence-electron chi connectivity index (χ0n) is 29.3. The zero-order chi connectivity index (χ0) is 34.7. The first kappa shape index (κ1) is 45.3. The van der Waals surface area contributed by atoms with Gasteiger partial charge in [-0.25, -0.2) is 9.59 Å². The molecule has 0 aromatic rings. The molecule has 0 atom stereocenters. The molecule has 0 rings (SSSR count). The van der Waals surface area contributed by atoms with Crippen LogP contribution >= 0.6 is 0 Å². The summed E-state index contributed by atoms with van der Waals surface area (Å²) in [7, 11) is 2.99. The second-order valence-electron chi connectivity index (χ2n) is 10.7. The summed E-state index contributed by atoms with van der Waals surface area (Å²) in [6.07, 6.45) is -0.368. The minimum atomic E-state index is -0.513. The number of nitrogens with zero attached hydrogens (tertiary/aromatic N) is 1. The van der Waals surface area contributed by atoms with Crippen molar-refractivity contribution in [3.05, 3.63) is 0 Å². The van der Waals surface area contributed by atoms with Crippen molar-refractivity contribution in [3.63, 3.8) is 0 Å². The Bertz CT molecular complexity index is 696. The zero-order valence-corrected chi connectivity index (χ0v) is 29.3. The number of likely N-dealkylation sites (N-methyl/N-ethyl adjacent to an activating group) is 1. The van der Waals surface area contributed by atoms with Gasteiger partial charge in [0.05, 0.1) is 146 Å². The van der Waals surface area contributed by atoms with Gasteiger partial charge in [-0.1, -0.05) is 0 Å². The summed E-state index contributed by atoms with van der Waals surface area (Å²) >= 11 is 0. The number of hydrogen-bond donors (Lipinski definition) is 0. The minimum absolute atomic E-state index is 0.0744. The molecule has 0 saturated heterocycles. The number of carbonyl (C=O) groups is 2. The lowest BCUT2D eigenvalue weighted by Gasteiger charge is -2.24. The molecule has 0 saturated carbocycles. The first-order valence-electron chi connectivity index (χ1n) is 16.1. The molecule has 280 valence electrons. The van der Waals surface area contributed by atoms with Crippen LogP contribution in [0.2, 0.25) is 0 Å². The van der Waals surface area contributed by atoms with Gasteiger partial charge in [-0.05, 0) is 20.8 Å². The number of hydrogen-bond acceptors (Lipinski definition) is 15. The molecule has 0 N–H and O–H groups in total. The highest BCUT2D eigenvalue weighted by Crippen LogP contribution is 2.08. The molecular weight excluding hydrogens is 626 g/mol. The van der Waals surface area contributed by atoms with E-state index >= 15 is 0 Å². The standard InChI is InChI=1S/C31H61NO15/c1-31(2,3)47-30(34)32(4)6-7-36-8-9-37-10-11-38-12-13-39-14-15-40-16-17-41-18-19-42-20-21-43-22-23-44-24-25-45-26-27-46-28-29(33)35-5/h6-28H2,1-5H3. The smallest absolute Gasteiger partial charge is 0.410 e. The molecule has 0 spiro atoms. The van der Waals surface area contributed by atoms with Gasteiger partial charge in [0.25, 0.3) is 0 Å². The third kappa shape index (κ3) is 37.0. The average molecular weight is 688 g/mol. The van der Waals surface area contributed by atoms with Crippen molar-refractivity contribution in [2.75, 3.05) is 166 Å². The van der Waals surface area contributed by atoms with Gasteiger partial charge in [0.2, 0.25) is 0 Å². The monoisotopic (exact) mass is 687 g/mol. The summed E-state index contributed by atoms with van der Waals surface area (Å²) in [5.74, 6) is -0.411. The maximum Gasteiger partial charge on any atom is 0.410 e. The molecule has 0 heterocycles. The van der Waals surface area contributed by atoms with Gasteiger partial charge in [-0.3, -0.25) is 0 Å². The summed E-state index contributed by atoms with van der Waals surface area (Å²) in [5.41, 5.74) is -0.513. The van der Waals surface area contributed by atoms with Gasteiger partial charge >= 0.3 is 12.1 Å². The fraction of sp³-hybridized carbons (Fsp3) is 0.935. The highest BCUT2D eigenvalue weighted by Gasteiger charge is 2.19. The summed E-state index contributed by atoms with van der Waals surface area (Å²) in [6.45, 7) is 15.5. The van der Waals surface area contributed by atoms with Crippen LogP contribution in [0.25, 0.3) is 0 Å². The highest BCUT2D eigenvalue weighted by molar-refractivity contribution is 5.70. The van der Waals surface area contributed by atoms with E-state index in [1.807, 2.05) is 20.8 Å². The van der Waals surface area contributed by atoms with Crippen molar-refractivity contribution in [1.82, 2.24) is 4.90 Å². The van der Waals surface area contributed by atoms with Gasteiger partial charge in [-0.15, -0.1) is 0 Å². The number of methoxy groups -OCH3 is 1. The molecule has 0 aliphatic rings. The van der Waals surface area contributed by atoms with Crippen LogP contribution in [-0.2, 0) is 66.4 Å². The van der Waals surface area contributed by atoms with Crippen LogP contribution in [0.15, 0.2) is 0 Å². The number of amides is 1. The molecule has 1 amide bonds. The molecule has 0 aliphatic carbocycles. The molecule has 16 heteroatoms. The predicted octanol–water partition coefficient (Wildman–Crippen LogP) is 1.21. The molecule has 0 unspecified atom stereocenters. The van der Waals surface area contributed by atoms with Crippen molar-refractivity contribution in [1.29, 1.82) is 0 Å². The van der Waals surface area contributed by atoms with E-state index in [0.717, 1.165) is 0 Å². The van der Waals surface area contributed by atoms with Gasteiger partial charge in [0, 0.05) is 13.6 Å². The second kappa shape index (κ2) is 34.2. The van der Waals surface area contributed by atoms with Crippen LogP contribution in [0.4, 0.5) is 4.79 Å². The molecule has 0 bridgehead atoms.